The van der Waals surface area contributed by atoms with E-state index in [1.807, 2.05) is 25.1 Å². The van der Waals surface area contributed by atoms with E-state index in [0.29, 0.717) is 6.42 Å². The van der Waals surface area contributed by atoms with Gasteiger partial charge in [0.2, 0.25) is 5.91 Å². The van der Waals surface area contributed by atoms with Gasteiger partial charge in [-0.15, -0.1) is 0 Å². The van der Waals surface area contributed by atoms with Crippen molar-refractivity contribution < 1.29 is 9.90 Å². The van der Waals surface area contributed by atoms with Crippen LogP contribution < -0.4 is 4.90 Å². The fourth-order valence-electron chi connectivity index (χ4n) is 2.05. The van der Waals surface area contributed by atoms with E-state index in [9.17, 15) is 9.90 Å². The van der Waals surface area contributed by atoms with Gasteiger partial charge in [0.1, 0.15) is 0 Å². The summed E-state index contributed by atoms with van der Waals surface area (Å²) in [6.07, 6.45) is 1.27. The highest BCUT2D eigenvalue weighted by Gasteiger charge is 2.31. The van der Waals surface area contributed by atoms with Crippen LogP contribution in [0.2, 0.25) is 0 Å². The van der Waals surface area contributed by atoms with Gasteiger partial charge in [0.15, 0.2) is 0 Å². The molecular weight excluding hydrogens is 270 g/mol. The molecule has 1 aliphatic heterocycles. The largest absolute Gasteiger partial charge is 0.394 e. The summed E-state index contributed by atoms with van der Waals surface area (Å²) in [6, 6.07) is 5.75. The highest BCUT2D eigenvalue weighted by molar-refractivity contribution is 9.10. The molecule has 0 radical (unpaired) electrons. The van der Waals surface area contributed by atoms with Gasteiger partial charge in [0.25, 0.3) is 0 Å². The first-order valence-corrected chi connectivity index (χ1v) is 6.12. The van der Waals surface area contributed by atoms with Crippen molar-refractivity contribution in [1.29, 1.82) is 0 Å². The van der Waals surface area contributed by atoms with Crippen molar-refractivity contribution in [1.82, 2.24) is 0 Å². The van der Waals surface area contributed by atoms with Crippen molar-refractivity contribution >= 4 is 27.5 Å². The smallest absolute Gasteiger partial charge is 0.227 e. The maximum atomic E-state index is 11.7. The quantitative estimate of drug-likeness (QED) is 0.904. The van der Waals surface area contributed by atoms with Gasteiger partial charge in [-0.25, -0.2) is 0 Å². The summed E-state index contributed by atoms with van der Waals surface area (Å²) in [7, 11) is 0. The Morgan fingerprint density at radius 3 is 2.94 bits per heavy atom. The average molecular weight is 284 g/mol. The van der Waals surface area contributed by atoms with E-state index in [2.05, 4.69) is 15.9 Å². The van der Waals surface area contributed by atoms with Gasteiger partial charge >= 0.3 is 0 Å². The number of rotatable bonds is 2. The zero-order valence-electron chi connectivity index (χ0n) is 9.11. The summed E-state index contributed by atoms with van der Waals surface area (Å²) in [5.74, 6) is 0.0979. The fourth-order valence-corrected chi connectivity index (χ4v) is 2.30. The molecular formula is C12H14BrNO2. The van der Waals surface area contributed by atoms with Crippen LogP contribution in [-0.4, -0.2) is 23.7 Å². The van der Waals surface area contributed by atoms with Crippen LogP contribution in [0, 0.1) is 6.92 Å². The van der Waals surface area contributed by atoms with Gasteiger partial charge in [-0.05, 0) is 37.1 Å². The van der Waals surface area contributed by atoms with Crippen LogP contribution in [0.3, 0.4) is 0 Å². The van der Waals surface area contributed by atoms with Crippen LogP contribution in [0.5, 0.6) is 0 Å². The van der Waals surface area contributed by atoms with E-state index in [-0.39, 0.29) is 18.6 Å². The Kier molecular flexibility index (Phi) is 3.30. The normalized spacial score (nSPS) is 20.6. The number of anilines is 1. The van der Waals surface area contributed by atoms with Crippen LogP contribution in [0.15, 0.2) is 22.7 Å². The summed E-state index contributed by atoms with van der Waals surface area (Å²) in [5, 5.41) is 9.24. The minimum Gasteiger partial charge on any atom is -0.394 e. The first-order valence-electron chi connectivity index (χ1n) is 5.32. The molecule has 0 aliphatic carbocycles. The lowest BCUT2D eigenvalue weighted by Crippen LogP contribution is -2.35. The first-order chi connectivity index (χ1) is 7.63. The molecule has 1 atom stereocenters. The number of hydrogen-bond donors (Lipinski definition) is 1. The van der Waals surface area contributed by atoms with Crippen LogP contribution in [0.4, 0.5) is 5.69 Å². The Hall–Kier alpha value is -0.870. The predicted octanol–water partition coefficient (Wildman–Crippen LogP) is 2.25. The minimum atomic E-state index is -0.0620. The van der Waals surface area contributed by atoms with Crippen molar-refractivity contribution in [3.8, 4) is 0 Å². The third-order valence-electron chi connectivity index (χ3n) is 2.96. The van der Waals surface area contributed by atoms with Gasteiger partial charge in [0, 0.05) is 16.6 Å². The molecule has 16 heavy (non-hydrogen) atoms. The molecule has 0 saturated carbocycles. The second kappa shape index (κ2) is 4.55. The van der Waals surface area contributed by atoms with E-state index < -0.39 is 0 Å². The first kappa shape index (κ1) is 11.6. The Balaban J connectivity index is 2.35. The lowest BCUT2D eigenvalue weighted by Gasteiger charge is -2.23. The predicted molar refractivity (Wildman–Crippen MR) is 66.5 cm³/mol. The molecule has 0 unspecified atom stereocenters. The summed E-state index contributed by atoms with van der Waals surface area (Å²) in [6.45, 7) is 2.02. The molecule has 1 amide bonds. The second-order valence-corrected chi connectivity index (χ2v) is 4.93. The molecule has 2 rings (SSSR count). The molecule has 0 aromatic heterocycles. The molecule has 1 saturated heterocycles. The number of halogens is 1. The van der Waals surface area contributed by atoms with Crippen LogP contribution in [-0.2, 0) is 4.79 Å². The Labute approximate surface area is 103 Å². The zero-order valence-corrected chi connectivity index (χ0v) is 10.7. The van der Waals surface area contributed by atoms with Gasteiger partial charge in [-0.3, -0.25) is 4.79 Å². The SMILES string of the molecule is Cc1cc(N2C(=O)CC[C@H]2CO)ccc1Br. The van der Waals surface area contributed by atoms with E-state index in [1.54, 1.807) is 4.90 Å². The molecule has 1 aromatic carbocycles. The van der Waals surface area contributed by atoms with E-state index in [0.717, 1.165) is 22.1 Å². The summed E-state index contributed by atoms with van der Waals surface area (Å²) < 4.78 is 1.03. The summed E-state index contributed by atoms with van der Waals surface area (Å²) in [4.78, 5) is 13.5. The molecule has 1 aromatic rings. The number of aliphatic hydroxyl groups excluding tert-OH is 1. The summed E-state index contributed by atoms with van der Waals surface area (Å²) in [5.41, 5.74) is 1.97. The highest BCUT2D eigenvalue weighted by atomic mass is 79.9. The van der Waals surface area contributed by atoms with Crippen molar-refractivity contribution in [2.45, 2.75) is 25.8 Å². The number of nitrogens with zero attached hydrogens (tertiary/aromatic N) is 1. The second-order valence-electron chi connectivity index (χ2n) is 4.07. The van der Waals surface area contributed by atoms with Crippen molar-refractivity contribution in [3.63, 3.8) is 0 Å². The Morgan fingerprint density at radius 2 is 2.31 bits per heavy atom. The van der Waals surface area contributed by atoms with Gasteiger partial charge in [-0.1, -0.05) is 15.9 Å². The fraction of sp³-hybridized carbons (Fsp3) is 0.417. The van der Waals surface area contributed by atoms with Gasteiger partial charge in [-0.2, -0.15) is 0 Å². The molecule has 0 spiro atoms. The third kappa shape index (κ3) is 1.99. The lowest BCUT2D eigenvalue weighted by atomic mass is 10.2. The standard InChI is InChI=1S/C12H14BrNO2/c1-8-6-9(2-4-11(8)13)14-10(7-15)3-5-12(14)16/h2,4,6,10,15H,3,5,7H2,1H3/t10-/m0/s1. The molecule has 1 heterocycles. The lowest BCUT2D eigenvalue weighted by molar-refractivity contribution is -0.117. The molecule has 1 aliphatic rings. The number of amides is 1. The molecule has 86 valence electrons. The Bertz CT molecular complexity index is 419. The van der Waals surface area contributed by atoms with E-state index >= 15 is 0 Å². The van der Waals surface area contributed by atoms with E-state index in [4.69, 9.17) is 0 Å². The van der Waals surface area contributed by atoms with Crippen molar-refractivity contribution in [2.24, 2.45) is 0 Å². The van der Waals surface area contributed by atoms with Crippen molar-refractivity contribution in [3.05, 3.63) is 28.2 Å². The van der Waals surface area contributed by atoms with Crippen LogP contribution in [0.25, 0.3) is 0 Å². The minimum absolute atomic E-state index is 0.0286. The van der Waals surface area contributed by atoms with Crippen LogP contribution in [0.1, 0.15) is 18.4 Å². The van der Waals surface area contributed by atoms with Crippen molar-refractivity contribution in [2.75, 3.05) is 11.5 Å². The number of aryl methyl sites for hydroxylation is 1. The van der Waals surface area contributed by atoms with E-state index in [1.165, 1.54) is 0 Å². The number of carbonyl (C=O) groups excluding carboxylic acids is 1. The number of benzene rings is 1. The number of aliphatic hydroxyl groups is 1. The van der Waals surface area contributed by atoms with Gasteiger partial charge in [0.05, 0.1) is 12.6 Å². The molecule has 3 nitrogen and oxygen atoms in total. The van der Waals surface area contributed by atoms with Gasteiger partial charge < -0.3 is 10.0 Å². The topological polar surface area (TPSA) is 40.5 Å². The maximum absolute atomic E-state index is 11.7. The molecule has 1 N–H and O–H groups in total. The highest BCUT2D eigenvalue weighted by Crippen LogP contribution is 2.29. The average Bonchev–Trinajstić information content (AvgIpc) is 2.64. The maximum Gasteiger partial charge on any atom is 0.227 e. The van der Waals surface area contributed by atoms with Crippen LogP contribution >= 0.6 is 15.9 Å². The zero-order chi connectivity index (χ0) is 11.7. The third-order valence-corrected chi connectivity index (χ3v) is 3.85. The Morgan fingerprint density at radius 1 is 1.56 bits per heavy atom. The monoisotopic (exact) mass is 283 g/mol. The molecule has 4 heteroatoms. The summed E-state index contributed by atoms with van der Waals surface area (Å²) >= 11 is 3.43. The molecule has 0 bridgehead atoms. The molecule has 1 fully saturated rings. The number of carbonyl (C=O) groups is 1. The number of hydrogen-bond acceptors (Lipinski definition) is 2.